The van der Waals surface area contributed by atoms with Gasteiger partial charge in [-0.15, -0.1) is 11.3 Å². The van der Waals surface area contributed by atoms with Crippen molar-refractivity contribution >= 4 is 58.4 Å². The lowest BCUT2D eigenvalue weighted by atomic mass is 10.2. The standard InChI is InChI=1S/C12H9Cl2FN2OS2/c1-5-9(20-12(19)16-5)4-10(18)17-11-7(13)2-6(15)3-8(11)14/h2-3H,4H2,1H3,(H,16,19)(H,17,18). The summed E-state index contributed by atoms with van der Waals surface area (Å²) < 4.78 is 13.7. The SMILES string of the molecule is Cc1[nH]c(=S)sc1CC(=O)Nc1c(Cl)cc(F)cc1Cl. The van der Waals surface area contributed by atoms with E-state index in [9.17, 15) is 9.18 Å². The number of anilines is 1. The third-order valence-corrected chi connectivity index (χ3v) is 4.45. The van der Waals surface area contributed by atoms with Gasteiger partial charge in [-0.1, -0.05) is 23.2 Å². The lowest BCUT2D eigenvalue weighted by molar-refractivity contribution is -0.115. The summed E-state index contributed by atoms with van der Waals surface area (Å²) in [6, 6.07) is 2.18. The summed E-state index contributed by atoms with van der Waals surface area (Å²) in [5, 5.41) is 2.69. The van der Waals surface area contributed by atoms with Gasteiger partial charge in [-0.2, -0.15) is 0 Å². The van der Waals surface area contributed by atoms with Crippen molar-refractivity contribution in [3.05, 3.63) is 42.5 Å². The molecule has 0 fully saturated rings. The maximum absolute atomic E-state index is 13.1. The molecule has 2 aromatic rings. The van der Waals surface area contributed by atoms with E-state index in [2.05, 4.69) is 10.3 Å². The molecule has 1 heterocycles. The molecule has 106 valence electrons. The zero-order valence-electron chi connectivity index (χ0n) is 10.2. The smallest absolute Gasteiger partial charge is 0.229 e. The molecule has 1 aromatic heterocycles. The summed E-state index contributed by atoms with van der Waals surface area (Å²) >= 11 is 18.1. The molecule has 1 amide bonds. The normalized spacial score (nSPS) is 10.6. The van der Waals surface area contributed by atoms with Crippen LogP contribution in [0.25, 0.3) is 0 Å². The fraction of sp³-hybridized carbons (Fsp3) is 0.167. The Kier molecular flexibility index (Phi) is 4.80. The molecule has 2 rings (SSSR count). The Bertz CT molecular complexity index is 703. The summed E-state index contributed by atoms with van der Waals surface area (Å²) in [5.74, 6) is -0.855. The van der Waals surface area contributed by atoms with Gasteiger partial charge in [0.15, 0.2) is 3.95 Å². The van der Waals surface area contributed by atoms with Crippen LogP contribution < -0.4 is 5.32 Å². The molecular weight excluding hydrogens is 342 g/mol. The fourth-order valence-electron chi connectivity index (χ4n) is 1.60. The van der Waals surface area contributed by atoms with Crippen LogP contribution in [0, 0.1) is 16.7 Å². The van der Waals surface area contributed by atoms with Crippen LogP contribution in [0.4, 0.5) is 10.1 Å². The van der Waals surface area contributed by atoms with Crippen LogP contribution in [0.5, 0.6) is 0 Å². The first kappa shape index (κ1) is 15.4. The highest BCUT2D eigenvalue weighted by molar-refractivity contribution is 7.73. The van der Waals surface area contributed by atoms with Gasteiger partial charge < -0.3 is 10.3 Å². The summed E-state index contributed by atoms with van der Waals surface area (Å²) in [6.07, 6.45) is 0.147. The number of carbonyl (C=O) groups excluding carboxylic acids is 1. The zero-order chi connectivity index (χ0) is 14.9. The molecule has 2 N–H and O–H groups in total. The van der Waals surface area contributed by atoms with E-state index in [4.69, 9.17) is 35.4 Å². The molecular formula is C12H9Cl2FN2OS2. The van der Waals surface area contributed by atoms with Crippen molar-refractivity contribution in [2.75, 3.05) is 5.32 Å². The predicted octanol–water partition coefficient (Wildman–Crippen LogP) is 4.74. The number of hydrogen-bond donors (Lipinski definition) is 2. The molecule has 0 radical (unpaired) electrons. The Morgan fingerprint density at radius 1 is 1.45 bits per heavy atom. The molecule has 0 spiro atoms. The number of rotatable bonds is 3. The second kappa shape index (κ2) is 6.22. The number of aromatic amines is 1. The number of carbonyl (C=O) groups is 1. The fourth-order valence-corrected chi connectivity index (χ4v) is 3.44. The van der Waals surface area contributed by atoms with E-state index >= 15 is 0 Å². The number of H-pyrrole nitrogens is 1. The molecule has 0 aliphatic heterocycles. The molecule has 3 nitrogen and oxygen atoms in total. The highest BCUT2D eigenvalue weighted by atomic mass is 35.5. The van der Waals surface area contributed by atoms with Gasteiger partial charge in [-0.05, 0) is 31.3 Å². The van der Waals surface area contributed by atoms with Crippen LogP contribution in [0.2, 0.25) is 10.0 Å². The van der Waals surface area contributed by atoms with E-state index in [-0.39, 0.29) is 28.1 Å². The summed E-state index contributed by atoms with van der Waals surface area (Å²) in [7, 11) is 0. The number of aryl methyl sites for hydroxylation is 1. The number of thiazole rings is 1. The topological polar surface area (TPSA) is 44.9 Å². The van der Waals surface area contributed by atoms with Crippen LogP contribution in [0.15, 0.2) is 12.1 Å². The third kappa shape index (κ3) is 3.58. The van der Waals surface area contributed by atoms with Crippen molar-refractivity contribution in [1.82, 2.24) is 4.98 Å². The van der Waals surface area contributed by atoms with E-state index < -0.39 is 5.82 Å². The molecule has 8 heteroatoms. The zero-order valence-corrected chi connectivity index (χ0v) is 13.4. The molecule has 0 unspecified atom stereocenters. The van der Waals surface area contributed by atoms with Gasteiger partial charge in [0.1, 0.15) is 5.82 Å². The van der Waals surface area contributed by atoms with Crippen LogP contribution >= 0.6 is 46.8 Å². The van der Waals surface area contributed by atoms with Gasteiger partial charge in [-0.3, -0.25) is 4.79 Å². The Labute approximate surface area is 133 Å². The van der Waals surface area contributed by atoms with Crippen LogP contribution in [-0.4, -0.2) is 10.9 Å². The Morgan fingerprint density at radius 3 is 2.55 bits per heavy atom. The van der Waals surface area contributed by atoms with Crippen molar-refractivity contribution in [2.24, 2.45) is 0 Å². The molecule has 0 aliphatic carbocycles. The number of amides is 1. The predicted molar refractivity (Wildman–Crippen MR) is 83.0 cm³/mol. The maximum atomic E-state index is 13.1. The third-order valence-electron chi connectivity index (χ3n) is 2.52. The van der Waals surface area contributed by atoms with Crippen LogP contribution in [-0.2, 0) is 11.2 Å². The number of nitrogens with one attached hydrogen (secondary N) is 2. The quantitative estimate of drug-likeness (QED) is 0.785. The molecule has 0 atom stereocenters. The molecule has 0 saturated carbocycles. The summed E-state index contributed by atoms with van der Waals surface area (Å²) in [6.45, 7) is 1.84. The van der Waals surface area contributed by atoms with E-state index in [0.717, 1.165) is 22.7 Å². The first-order chi connectivity index (χ1) is 9.36. The van der Waals surface area contributed by atoms with E-state index in [0.29, 0.717) is 3.95 Å². The van der Waals surface area contributed by atoms with Gasteiger partial charge in [0.25, 0.3) is 0 Å². The average molecular weight is 351 g/mol. The monoisotopic (exact) mass is 350 g/mol. The summed E-state index contributed by atoms with van der Waals surface area (Å²) in [5.41, 5.74) is 1.06. The first-order valence-corrected chi connectivity index (χ1v) is 7.48. The molecule has 0 aliphatic rings. The van der Waals surface area contributed by atoms with Crippen molar-refractivity contribution in [3.63, 3.8) is 0 Å². The van der Waals surface area contributed by atoms with Crippen molar-refractivity contribution in [2.45, 2.75) is 13.3 Å². The van der Waals surface area contributed by atoms with Crippen molar-refractivity contribution in [1.29, 1.82) is 0 Å². The lowest BCUT2D eigenvalue weighted by Gasteiger charge is -2.09. The first-order valence-electron chi connectivity index (χ1n) is 5.50. The highest BCUT2D eigenvalue weighted by Crippen LogP contribution is 2.31. The molecule has 0 bridgehead atoms. The Morgan fingerprint density at radius 2 is 2.05 bits per heavy atom. The van der Waals surface area contributed by atoms with Crippen molar-refractivity contribution < 1.29 is 9.18 Å². The summed E-state index contributed by atoms with van der Waals surface area (Å²) in [4.78, 5) is 15.8. The van der Waals surface area contributed by atoms with E-state index in [1.807, 2.05) is 6.92 Å². The van der Waals surface area contributed by atoms with Gasteiger partial charge in [0.05, 0.1) is 22.2 Å². The lowest BCUT2D eigenvalue weighted by Crippen LogP contribution is -2.15. The molecule has 20 heavy (non-hydrogen) atoms. The molecule has 0 saturated heterocycles. The van der Waals surface area contributed by atoms with Gasteiger partial charge in [-0.25, -0.2) is 4.39 Å². The minimum Gasteiger partial charge on any atom is -0.341 e. The largest absolute Gasteiger partial charge is 0.341 e. The number of benzene rings is 1. The number of hydrogen-bond acceptors (Lipinski definition) is 3. The minimum atomic E-state index is -0.558. The number of halogens is 3. The highest BCUT2D eigenvalue weighted by Gasteiger charge is 2.14. The number of aromatic nitrogens is 1. The Hall–Kier alpha value is -0.950. The Balaban J connectivity index is 2.17. The van der Waals surface area contributed by atoms with Gasteiger partial charge in [0, 0.05) is 10.6 Å². The van der Waals surface area contributed by atoms with Gasteiger partial charge in [0.2, 0.25) is 5.91 Å². The second-order valence-electron chi connectivity index (χ2n) is 4.03. The van der Waals surface area contributed by atoms with E-state index in [1.54, 1.807) is 0 Å². The maximum Gasteiger partial charge on any atom is 0.229 e. The minimum absolute atomic E-state index is 0.0572. The second-order valence-corrected chi connectivity index (χ2v) is 6.62. The molecule has 1 aromatic carbocycles. The van der Waals surface area contributed by atoms with Gasteiger partial charge >= 0.3 is 0 Å². The van der Waals surface area contributed by atoms with Crippen LogP contribution in [0.3, 0.4) is 0 Å². The van der Waals surface area contributed by atoms with Crippen molar-refractivity contribution in [3.8, 4) is 0 Å². The van der Waals surface area contributed by atoms with E-state index in [1.165, 1.54) is 11.3 Å². The van der Waals surface area contributed by atoms with Crippen LogP contribution in [0.1, 0.15) is 10.6 Å². The average Bonchev–Trinajstić information content (AvgIpc) is 2.62.